The molecule has 182 valence electrons. The lowest BCUT2D eigenvalue weighted by Gasteiger charge is -2.18. The topological polar surface area (TPSA) is 115 Å². The van der Waals surface area contributed by atoms with Gasteiger partial charge in [-0.05, 0) is 49.6 Å². The number of nitriles is 1. The van der Waals surface area contributed by atoms with Gasteiger partial charge in [0.25, 0.3) is 0 Å². The molecule has 0 saturated heterocycles. The first-order valence-corrected chi connectivity index (χ1v) is 11.2. The van der Waals surface area contributed by atoms with Crippen LogP contribution in [-0.2, 0) is 11.2 Å². The molecule has 7 nitrogen and oxygen atoms in total. The molecule has 3 N–H and O–H groups in total. The number of nitrogens with zero attached hydrogens (tertiary/aromatic N) is 2. The molecule has 0 saturated carbocycles. The molecule has 0 aliphatic rings. The fourth-order valence-electron chi connectivity index (χ4n) is 3.06. The van der Waals surface area contributed by atoms with Crippen LogP contribution >= 0.6 is 0 Å². The second-order valence-electron chi connectivity index (χ2n) is 7.87. The first-order chi connectivity index (χ1) is 16.8. The Labute approximate surface area is 205 Å². The first-order valence-electron chi connectivity index (χ1n) is 11.2. The number of nitrogens with one attached hydrogen (secondary N) is 1. The van der Waals surface area contributed by atoms with Crippen molar-refractivity contribution in [3.63, 3.8) is 0 Å². The van der Waals surface area contributed by atoms with Crippen molar-refractivity contribution in [1.82, 2.24) is 10.3 Å². The summed E-state index contributed by atoms with van der Waals surface area (Å²) in [6.45, 7) is 3.46. The number of ether oxygens (including phenoxy) is 1. The van der Waals surface area contributed by atoms with Crippen molar-refractivity contribution < 1.29 is 24.0 Å². The minimum atomic E-state index is -1.68. The van der Waals surface area contributed by atoms with E-state index in [9.17, 15) is 19.2 Å². The van der Waals surface area contributed by atoms with Gasteiger partial charge < -0.3 is 20.1 Å². The molecule has 3 rings (SSSR count). The van der Waals surface area contributed by atoms with Crippen molar-refractivity contribution in [2.75, 3.05) is 6.61 Å². The van der Waals surface area contributed by atoms with Crippen molar-refractivity contribution >= 4 is 13.0 Å². The molecular weight excluding hydrogens is 448 g/mol. The van der Waals surface area contributed by atoms with Gasteiger partial charge in [-0.3, -0.25) is 9.78 Å². The summed E-state index contributed by atoms with van der Waals surface area (Å²) in [5.74, 6) is -1.68. The van der Waals surface area contributed by atoms with E-state index < -0.39 is 24.8 Å². The second-order valence-corrected chi connectivity index (χ2v) is 7.87. The smallest absolute Gasteiger partial charge is 0.475 e. The van der Waals surface area contributed by atoms with Crippen molar-refractivity contribution in [3.05, 3.63) is 95.6 Å². The molecule has 1 heterocycles. The molecule has 2 atom stereocenters. The summed E-state index contributed by atoms with van der Waals surface area (Å²) in [5, 5.41) is 30.0. The third kappa shape index (κ3) is 9.57. The monoisotopic (exact) mass is 477 g/mol. The Hall–Kier alpha value is -3.74. The van der Waals surface area contributed by atoms with Gasteiger partial charge >= 0.3 is 7.12 Å². The Morgan fingerprint density at radius 1 is 1.14 bits per heavy atom. The molecule has 35 heavy (non-hydrogen) atoms. The number of rotatable bonds is 9. The molecule has 0 bridgehead atoms. The Bertz CT molecular complexity index is 1090. The third-order valence-corrected chi connectivity index (χ3v) is 5.07. The molecule has 1 aromatic heterocycles. The normalized spacial score (nSPS) is 11.8. The van der Waals surface area contributed by atoms with Gasteiger partial charge in [0, 0.05) is 6.20 Å². The Balaban J connectivity index is 0.000000360. The van der Waals surface area contributed by atoms with Gasteiger partial charge in [0.05, 0.1) is 36.6 Å². The van der Waals surface area contributed by atoms with Gasteiger partial charge in [-0.15, -0.1) is 0 Å². The second kappa shape index (κ2) is 14.5. The minimum absolute atomic E-state index is 0.00815. The number of benzene rings is 2. The van der Waals surface area contributed by atoms with E-state index in [0.717, 1.165) is 11.3 Å². The average molecular weight is 477 g/mol. The molecule has 0 radical (unpaired) electrons. The molecule has 2 unspecified atom stereocenters. The van der Waals surface area contributed by atoms with Crippen LogP contribution in [0.1, 0.15) is 36.1 Å². The van der Waals surface area contributed by atoms with E-state index in [2.05, 4.69) is 16.4 Å². The van der Waals surface area contributed by atoms with Crippen LogP contribution in [0, 0.1) is 24.1 Å². The Kier molecular flexibility index (Phi) is 11.4. The van der Waals surface area contributed by atoms with Crippen molar-refractivity contribution in [2.24, 2.45) is 0 Å². The largest absolute Gasteiger partial charge is 0.490 e. The summed E-state index contributed by atoms with van der Waals surface area (Å²) in [4.78, 5) is 16.0. The zero-order valence-electron chi connectivity index (χ0n) is 19.8. The Morgan fingerprint density at radius 3 is 2.49 bits per heavy atom. The van der Waals surface area contributed by atoms with Gasteiger partial charge in [0.1, 0.15) is 0 Å². The van der Waals surface area contributed by atoms with E-state index in [4.69, 9.17) is 10.00 Å². The van der Waals surface area contributed by atoms with Crippen LogP contribution in [-0.4, -0.2) is 40.6 Å². The highest BCUT2D eigenvalue weighted by atomic mass is 19.1. The zero-order chi connectivity index (χ0) is 25.6. The van der Waals surface area contributed by atoms with Crippen molar-refractivity contribution in [2.45, 2.75) is 38.5 Å². The van der Waals surface area contributed by atoms with Gasteiger partial charge in [-0.25, -0.2) is 4.39 Å². The van der Waals surface area contributed by atoms with Gasteiger partial charge in [0.2, 0.25) is 5.91 Å². The third-order valence-electron chi connectivity index (χ3n) is 5.07. The van der Waals surface area contributed by atoms with Crippen LogP contribution < -0.4 is 10.1 Å². The van der Waals surface area contributed by atoms with Crippen molar-refractivity contribution in [3.8, 4) is 11.8 Å². The summed E-state index contributed by atoms with van der Waals surface area (Å²) >= 11 is 0. The zero-order valence-corrected chi connectivity index (χ0v) is 19.8. The molecule has 0 aliphatic heterocycles. The molecule has 0 fully saturated rings. The number of carbonyl (C=O) groups excluding carboxylic acids is 1. The molecule has 0 spiro atoms. The van der Waals surface area contributed by atoms with Crippen LogP contribution in [0.2, 0.25) is 0 Å². The Morgan fingerprint density at radius 2 is 1.86 bits per heavy atom. The van der Waals surface area contributed by atoms with E-state index in [1.807, 2.05) is 55.5 Å². The highest BCUT2D eigenvalue weighted by Gasteiger charge is 2.25. The number of carbonyl (C=O) groups is 1. The maximum absolute atomic E-state index is 13.8. The first kappa shape index (κ1) is 27.5. The number of hydrogen-bond acceptors (Lipinski definition) is 6. The maximum atomic E-state index is 13.8. The summed E-state index contributed by atoms with van der Waals surface area (Å²) in [7, 11) is -1.68. The highest BCUT2D eigenvalue weighted by molar-refractivity contribution is 6.43. The lowest BCUT2D eigenvalue weighted by molar-refractivity contribution is -0.122. The van der Waals surface area contributed by atoms with E-state index in [1.54, 1.807) is 25.3 Å². The van der Waals surface area contributed by atoms with E-state index in [0.29, 0.717) is 5.56 Å². The number of amides is 1. The SMILES string of the molecule is CC(C#N)c1ccccn1.Cc1cccc(OCCC(=O)NC(Cc2ccccc2)B(O)O)c1F. The standard InChI is InChI=1S/C18H21BFNO4.C8H8N2/c1-13-6-5-9-15(18(13)20)25-11-10-17(22)21-16(19(23)24)12-14-7-3-2-4-8-14;1-7(6-9)8-4-2-3-5-10-8/h2-9,16,23-24H,10-12H2,1H3,(H,21,22);2-5,7H,1H3. The fraction of sp³-hybridized carbons (Fsp3) is 0.269. The van der Waals surface area contributed by atoms with Gasteiger partial charge in [0.15, 0.2) is 11.6 Å². The van der Waals surface area contributed by atoms with E-state index >= 15 is 0 Å². The maximum Gasteiger partial charge on any atom is 0.475 e. The molecule has 9 heteroatoms. The number of hydrogen-bond donors (Lipinski definition) is 3. The number of halogens is 1. The lowest BCUT2D eigenvalue weighted by atomic mass is 9.76. The predicted octanol–water partition coefficient (Wildman–Crippen LogP) is 3.35. The summed E-state index contributed by atoms with van der Waals surface area (Å²) < 4.78 is 19.1. The van der Waals surface area contributed by atoms with Crippen LogP contribution in [0.15, 0.2) is 72.9 Å². The molecule has 0 aliphatic carbocycles. The number of pyridine rings is 1. The summed E-state index contributed by atoms with van der Waals surface area (Å²) in [6.07, 6.45) is 1.96. The minimum Gasteiger partial charge on any atom is -0.490 e. The number of aromatic nitrogens is 1. The molecule has 3 aromatic rings. The van der Waals surface area contributed by atoms with Gasteiger partial charge in [-0.2, -0.15) is 5.26 Å². The average Bonchev–Trinajstić information content (AvgIpc) is 2.87. The molecule has 1 amide bonds. The van der Waals surface area contributed by atoms with Crippen LogP contribution in [0.25, 0.3) is 0 Å². The van der Waals surface area contributed by atoms with Crippen molar-refractivity contribution in [1.29, 1.82) is 5.26 Å². The molecular formula is C26H29BFN3O4. The van der Waals surface area contributed by atoms with Crippen LogP contribution in [0.3, 0.4) is 0 Å². The van der Waals surface area contributed by atoms with Gasteiger partial charge in [-0.1, -0.05) is 48.5 Å². The summed E-state index contributed by atoms with van der Waals surface area (Å²) in [6, 6.07) is 21.7. The highest BCUT2D eigenvalue weighted by Crippen LogP contribution is 2.19. The quantitative estimate of drug-likeness (QED) is 0.407. The van der Waals surface area contributed by atoms with E-state index in [1.165, 1.54) is 6.07 Å². The van der Waals surface area contributed by atoms with Crippen LogP contribution in [0.4, 0.5) is 4.39 Å². The lowest BCUT2D eigenvalue weighted by Crippen LogP contribution is -2.48. The predicted molar refractivity (Wildman–Crippen MR) is 132 cm³/mol. The summed E-state index contributed by atoms with van der Waals surface area (Å²) in [5.41, 5.74) is 2.18. The number of aryl methyl sites for hydroxylation is 1. The fourth-order valence-corrected chi connectivity index (χ4v) is 3.06. The molecule has 2 aromatic carbocycles. The van der Waals surface area contributed by atoms with Crippen LogP contribution in [0.5, 0.6) is 5.75 Å². The van der Waals surface area contributed by atoms with E-state index in [-0.39, 0.29) is 31.1 Å².